The van der Waals surface area contributed by atoms with Crippen molar-refractivity contribution in [2.24, 2.45) is 0 Å². The molecule has 0 aliphatic carbocycles. The van der Waals surface area contributed by atoms with Gasteiger partial charge in [0.05, 0.1) is 22.1 Å². The summed E-state index contributed by atoms with van der Waals surface area (Å²) in [6.45, 7) is 0. The van der Waals surface area contributed by atoms with Gasteiger partial charge in [-0.2, -0.15) is 0 Å². The molecule has 0 spiro atoms. The van der Waals surface area contributed by atoms with E-state index >= 15 is 0 Å². The first-order valence-electron chi connectivity index (χ1n) is 13.2. The fraction of sp³-hybridized carbons (Fsp3) is 0. The molecule has 0 aliphatic rings. The lowest BCUT2D eigenvalue weighted by atomic mass is 10.2. The number of benzene rings is 6. The molecule has 184 valence electrons. The Morgan fingerprint density at radius 1 is 0.308 bits per heavy atom. The highest BCUT2D eigenvalue weighted by Crippen LogP contribution is 2.35. The van der Waals surface area contributed by atoms with Crippen LogP contribution in [0.2, 0.25) is 0 Å². The Morgan fingerprint density at radius 2 is 0.590 bits per heavy atom. The van der Waals surface area contributed by atoms with Crippen LogP contribution in [0, 0.1) is 0 Å². The van der Waals surface area contributed by atoms with Gasteiger partial charge in [-0.05, 0) is 72.8 Å². The molecule has 3 heteroatoms. The number of hydrogen-bond donors (Lipinski definition) is 0. The van der Waals surface area contributed by atoms with Gasteiger partial charge in [0, 0.05) is 42.7 Å². The van der Waals surface area contributed by atoms with Gasteiger partial charge in [-0.3, -0.25) is 0 Å². The Kier molecular flexibility index (Phi) is 5.10. The lowest BCUT2D eigenvalue weighted by Crippen LogP contribution is -1.93. The predicted octanol–water partition coefficient (Wildman–Crippen LogP) is 10.0. The Labute approximate surface area is 230 Å². The van der Waals surface area contributed by atoms with Gasteiger partial charge in [-0.25, -0.2) is 0 Å². The summed E-state index contributed by atoms with van der Waals surface area (Å²) in [4.78, 5) is 2.45. The molecule has 0 fully saturated rings. The second-order valence-corrected chi connectivity index (χ2v) is 11.0. The molecule has 39 heavy (non-hydrogen) atoms. The van der Waals surface area contributed by atoms with Crippen molar-refractivity contribution in [1.29, 1.82) is 0 Å². The molecule has 0 aliphatic heterocycles. The van der Waals surface area contributed by atoms with E-state index in [9.17, 15) is 0 Å². The van der Waals surface area contributed by atoms with Gasteiger partial charge in [0.1, 0.15) is 0 Å². The van der Waals surface area contributed by atoms with Gasteiger partial charge in [0.25, 0.3) is 0 Å². The molecule has 2 aromatic heterocycles. The molecule has 8 rings (SSSR count). The maximum Gasteiger partial charge on any atom is 0.0541 e. The Bertz CT molecular complexity index is 1870. The molecule has 0 saturated heterocycles. The van der Waals surface area contributed by atoms with Crippen molar-refractivity contribution >= 4 is 55.4 Å². The molecule has 6 aromatic carbocycles. The average Bonchev–Trinajstić information content (AvgIpc) is 3.51. The monoisotopic (exact) mass is 516 g/mol. The Balaban J connectivity index is 1.12. The van der Waals surface area contributed by atoms with Crippen LogP contribution < -0.4 is 0 Å². The smallest absolute Gasteiger partial charge is 0.0541 e. The van der Waals surface area contributed by atoms with Crippen LogP contribution in [0.15, 0.2) is 155 Å². The molecule has 0 saturated carbocycles. The molecule has 0 amide bonds. The van der Waals surface area contributed by atoms with Gasteiger partial charge >= 0.3 is 0 Å². The van der Waals surface area contributed by atoms with Crippen LogP contribution in [0.3, 0.4) is 0 Å². The summed E-state index contributed by atoms with van der Waals surface area (Å²) in [5, 5.41) is 5.15. The number of aromatic nitrogens is 2. The van der Waals surface area contributed by atoms with Crippen LogP contribution in [0.5, 0.6) is 0 Å². The number of hydrogen-bond acceptors (Lipinski definition) is 1. The molecule has 2 heterocycles. The van der Waals surface area contributed by atoms with Gasteiger partial charge in [0.2, 0.25) is 0 Å². The first-order valence-corrected chi connectivity index (χ1v) is 14.0. The van der Waals surface area contributed by atoms with Crippen molar-refractivity contribution in [2.75, 3.05) is 0 Å². The van der Waals surface area contributed by atoms with Crippen molar-refractivity contribution in [3.63, 3.8) is 0 Å². The van der Waals surface area contributed by atoms with E-state index in [1.807, 2.05) is 0 Å². The number of nitrogens with zero attached hydrogens (tertiary/aromatic N) is 2. The van der Waals surface area contributed by atoms with E-state index < -0.39 is 0 Å². The lowest BCUT2D eigenvalue weighted by molar-refractivity contribution is 1.16. The fourth-order valence-electron chi connectivity index (χ4n) is 5.86. The minimum atomic E-state index is 1.18. The van der Waals surface area contributed by atoms with E-state index in [2.05, 4.69) is 155 Å². The molecule has 2 nitrogen and oxygen atoms in total. The van der Waals surface area contributed by atoms with Crippen molar-refractivity contribution in [2.45, 2.75) is 9.79 Å². The summed E-state index contributed by atoms with van der Waals surface area (Å²) in [5.41, 5.74) is 7.30. The van der Waals surface area contributed by atoms with Gasteiger partial charge in [0.15, 0.2) is 0 Å². The van der Waals surface area contributed by atoms with E-state index in [-0.39, 0.29) is 0 Å². The van der Waals surface area contributed by atoms with Crippen molar-refractivity contribution in [1.82, 2.24) is 9.13 Å². The topological polar surface area (TPSA) is 9.86 Å². The van der Waals surface area contributed by atoms with E-state index in [4.69, 9.17) is 0 Å². The normalized spacial score (nSPS) is 11.7. The minimum absolute atomic E-state index is 1.18. The summed E-state index contributed by atoms with van der Waals surface area (Å²) in [7, 11) is 0. The zero-order valence-electron chi connectivity index (χ0n) is 21.2. The SMILES string of the molecule is c1ccc2c(c1)c1ccccc1n2-c1ccc(Sc2ccc(-n3c4ccccc4c4ccccc43)cc2)cc1. The zero-order chi connectivity index (χ0) is 25.8. The second-order valence-electron chi connectivity index (χ2n) is 9.83. The van der Waals surface area contributed by atoms with Gasteiger partial charge in [-0.1, -0.05) is 84.6 Å². The predicted molar refractivity (Wildman–Crippen MR) is 166 cm³/mol. The number of para-hydroxylation sites is 4. The van der Waals surface area contributed by atoms with Crippen molar-refractivity contribution < 1.29 is 0 Å². The van der Waals surface area contributed by atoms with Crippen molar-refractivity contribution in [3.05, 3.63) is 146 Å². The van der Waals surface area contributed by atoms with Crippen LogP contribution in [-0.4, -0.2) is 9.13 Å². The number of fused-ring (bicyclic) bond motifs is 6. The summed E-state index contributed by atoms with van der Waals surface area (Å²) in [6.07, 6.45) is 0. The Morgan fingerprint density at radius 3 is 0.897 bits per heavy atom. The molecular formula is C36H24N2S. The third-order valence-electron chi connectivity index (χ3n) is 7.59. The second kappa shape index (κ2) is 8.93. The van der Waals surface area contributed by atoms with Crippen LogP contribution in [-0.2, 0) is 0 Å². The molecule has 0 N–H and O–H groups in total. The quantitative estimate of drug-likeness (QED) is 0.226. The largest absolute Gasteiger partial charge is 0.309 e. The van der Waals surface area contributed by atoms with E-state index in [0.717, 1.165) is 0 Å². The number of rotatable bonds is 4. The summed E-state index contributed by atoms with van der Waals surface area (Å²) >= 11 is 1.80. The summed E-state index contributed by atoms with van der Waals surface area (Å²) < 4.78 is 4.72. The molecule has 0 atom stereocenters. The fourth-order valence-corrected chi connectivity index (χ4v) is 6.68. The molecule has 0 unspecified atom stereocenters. The maximum absolute atomic E-state index is 2.36. The highest BCUT2D eigenvalue weighted by atomic mass is 32.2. The standard InChI is InChI=1S/C36H24N2S/c1-5-13-33-29(9-1)30-10-2-6-14-34(30)37(33)25-17-21-27(22-18-25)39-28-23-19-26(20-24-28)38-35-15-7-3-11-31(35)32-12-4-8-16-36(32)38/h1-24H. The zero-order valence-corrected chi connectivity index (χ0v) is 22.0. The molecular weight excluding hydrogens is 492 g/mol. The Hall–Kier alpha value is -4.73. The third-order valence-corrected chi connectivity index (χ3v) is 8.60. The first-order chi connectivity index (χ1) is 19.3. The molecule has 0 radical (unpaired) electrons. The third kappa shape index (κ3) is 3.58. The average molecular weight is 517 g/mol. The van der Waals surface area contributed by atoms with Crippen LogP contribution in [0.1, 0.15) is 0 Å². The van der Waals surface area contributed by atoms with E-state index in [0.29, 0.717) is 0 Å². The van der Waals surface area contributed by atoms with Gasteiger partial charge < -0.3 is 9.13 Å². The van der Waals surface area contributed by atoms with E-state index in [1.165, 1.54) is 64.8 Å². The summed E-state index contributed by atoms with van der Waals surface area (Å²) in [6, 6.07) is 52.4. The maximum atomic E-state index is 2.36. The first kappa shape index (κ1) is 22.3. The highest BCUT2D eigenvalue weighted by molar-refractivity contribution is 7.99. The highest BCUT2D eigenvalue weighted by Gasteiger charge is 2.13. The lowest BCUT2D eigenvalue weighted by Gasteiger charge is -2.10. The van der Waals surface area contributed by atoms with Crippen LogP contribution >= 0.6 is 11.8 Å². The van der Waals surface area contributed by atoms with E-state index in [1.54, 1.807) is 11.8 Å². The summed E-state index contributed by atoms with van der Waals surface area (Å²) in [5.74, 6) is 0. The van der Waals surface area contributed by atoms with Crippen molar-refractivity contribution in [3.8, 4) is 11.4 Å². The molecule has 0 bridgehead atoms. The molecule has 8 aromatic rings. The van der Waals surface area contributed by atoms with Gasteiger partial charge in [-0.15, -0.1) is 0 Å². The minimum Gasteiger partial charge on any atom is -0.309 e. The van der Waals surface area contributed by atoms with Crippen LogP contribution in [0.4, 0.5) is 0 Å². The van der Waals surface area contributed by atoms with Crippen LogP contribution in [0.25, 0.3) is 55.0 Å².